The van der Waals surface area contributed by atoms with E-state index in [1.807, 2.05) is 13.8 Å². The minimum absolute atomic E-state index is 0.102. The summed E-state index contributed by atoms with van der Waals surface area (Å²) in [5, 5.41) is 165. The number of Topliss-reactive ketones (excluding diaryl/α,β-unsaturated/α-hetero) is 1. The zero-order valence-corrected chi connectivity index (χ0v) is 51.6. The third-order valence-electron chi connectivity index (χ3n) is 23.0. The van der Waals surface area contributed by atoms with Gasteiger partial charge in [0.25, 0.3) is 0 Å². The molecule has 34 atom stereocenters. The number of aliphatic hydroxyl groups is 15. The summed E-state index contributed by atoms with van der Waals surface area (Å²) in [6.45, 7) is 11.8. The van der Waals surface area contributed by atoms with E-state index >= 15 is 0 Å². The van der Waals surface area contributed by atoms with Crippen LogP contribution in [0.25, 0.3) is 0 Å². The average molecular weight is 1280 g/mol. The number of hydrogen-bond donors (Lipinski definition) is 15. The van der Waals surface area contributed by atoms with Gasteiger partial charge in [-0.15, -0.1) is 0 Å². The van der Waals surface area contributed by atoms with E-state index in [0.717, 1.165) is 19.3 Å². The van der Waals surface area contributed by atoms with Crippen molar-refractivity contribution < 1.29 is 143 Å². The van der Waals surface area contributed by atoms with Gasteiger partial charge in [-0.05, 0) is 75.0 Å². The molecule has 6 heterocycles. The predicted molar refractivity (Wildman–Crippen MR) is 296 cm³/mol. The van der Waals surface area contributed by atoms with Crippen LogP contribution in [0.1, 0.15) is 113 Å². The molecular weight excluding hydrogens is 1180 g/mol. The molecule has 0 aromatic rings. The number of fused-ring (bicyclic) bond motifs is 5. The molecule has 29 nitrogen and oxygen atoms in total. The Morgan fingerprint density at radius 3 is 1.76 bits per heavy atom. The van der Waals surface area contributed by atoms with Crippen LogP contribution in [0.3, 0.4) is 0 Å². The summed E-state index contributed by atoms with van der Waals surface area (Å²) in [4.78, 5) is 25.9. The van der Waals surface area contributed by atoms with Gasteiger partial charge in [0.05, 0.1) is 50.8 Å². The van der Waals surface area contributed by atoms with Crippen LogP contribution < -0.4 is 0 Å². The van der Waals surface area contributed by atoms with Crippen LogP contribution in [0.5, 0.6) is 0 Å². The Hall–Kier alpha value is -2.16. The number of aliphatic hydroxyl groups excluding tert-OH is 15. The van der Waals surface area contributed by atoms with Gasteiger partial charge in [0.2, 0.25) is 0 Å². The van der Waals surface area contributed by atoms with Crippen molar-refractivity contribution in [3.8, 4) is 0 Å². The lowest BCUT2D eigenvalue weighted by Crippen LogP contribution is -2.68. The maximum absolute atomic E-state index is 13.4. The van der Waals surface area contributed by atoms with E-state index in [4.69, 9.17) is 56.8 Å². The largest absolute Gasteiger partial charge is 0.459 e. The lowest BCUT2D eigenvalue weighted by Gasteiger charge is -2.63. The minimum atomic E-state index is -2.06. The normalized spacial score (nSPS) is 53.5. The van der Waals surface area contributed by atoms with E-state index in [-0.39, 0.29) is 36.1 Å². The van der Waals surface area contributed by atoms with Gasteiger partial charge in [-0.2, -0.15) is 0 Å². The van der Waals surface area contributed by atoms with Crippen LogP contribution in [-0.2, 0) is 66.4 Å². The summed E-state index contributed by atoms with van der Waals surface area (Å²) in [5.41, 5.74) is -0.164. The fourth-order valence-electron chi connectivity index (χ4n) is 17.4. The van der Waals surface area contributed by atoms with E-state index in [0.29, 0.717) is 32.1 Å². The maximum atomic E-state index is 13.4. The zero-order chi connectivity index (χ0) is 64.9. The fraction of sp³-hybridized carbons (Fsp3) is 0.933. The molecule has 1 spiro atoms. The van der Waals surface area contributed by atoms with Crippen LogP contribution in [0.2, 0.25) is 0 Å². The highest BCUT2D eigenvalue weighted by atomic mass is 16.8. The second-order valence-electron chi connectivity index (χ2n) is 27.6. The monoisotopic (exact) mass is 1280 g/mol. The molecule has 8 fully saturated rings. The van der Waals surface area contributed by atoms with Gasteiger partial charge < -0.3 is 133 Å². The summed E-state index contributed by atoms with van der Waals surface area (Å²) < 4.78 is 73.3. The molecule has 2 saturated carbocycles. The Kier molecular flexibility index (Phi) is 20.7. The fourth-order valence-corrected chi connectivity index (χ4v) is 17.4. The molecule has 510 valence electrons. The molecule has 0 aromatic heterocycles. The van der Waals surface area contributed by atoms with Crippen LogP contribution >= 0.6 is 0 Å². The quantitative estimate of drug-likeness (QED) is 0.0486. The number of rotatable bonds is 17. The molecule has 89 heavy (non-hydrogen) atoms. The van der Waals surface area contributed by atoms with Gasteiger partial charge in [0, 0.05) is 30.1 Å². The lowest BCUT2D eigenvalue weighted by molar-refractivity contribution is -0.406. The van der Waals surface area contributed by atoms with Crippen molar-refractivity contribution in [3.05, 3.63) is 11.1 Å². The third-order valence-corrected chi connectivity index (χ3v) is 23.0. The number of esters is 1. The number of carbonyl (C=O) groups excluding carboxylic acids is 2. The Labute approximate surface area is 515 Å². The molecule has 0 amide bonds. The first-order valence-corrected chi connectivity index (χ1v) is 31.5. The Balaban J connectivity index is 0.860. The number of ether oxygens (including phenoxy) is 12. The first-order valence-electron chi connectivity index (χ1n) is 31.5. The first-order chi connectivity index (χ1) is 41.9. The highest BCUT2D eigenvalue weighted by Gasteiger charge is 2.74. The van der Waals surface area contributed by atoms with Crippen molar-refractivity contribution in [1.82, 2.24) is 0 Å². The number of ketones is 1. The minimum Gasteiger partial charge on any atom is -0.459 e. The Morgan fingerprint density at radius 1 is 0.562 bits per heavy atom. The standard InChI is InChI=1S/C60H96O29/c1-9-28(65)47-46(81-25(4)64)23(2)60(89-47)17-16-58(7)27-10-11-33-56(5,26(27)12-15-59(58,60)8)14-13-34(57(33,6)22-63)85-52-44(76)42(74)38(70)32(84-52)21-79-54-49(36(68)29(66)20-78-54)87-55-50(88-51-43(75)40(72)35(67)24(3)80-51)48(39(71)31(19-62)83-55)86-53-45(77)41(73)37(69)30(18-61)82-53/h23-24,29-55,61-63,66-77H,9-22H2,1-8H3. The van der Waals surface area contributed by atoms with E-state index < -0.39 is 220 Å². The molecule has 15 N–H and O–H groups in total. The molecule has 0 bridgehead atoms. The molecule has 0 radical (unpaired) electrons. The molecule has 34 unspecified atom stereocenters. The Morgan fingerprint density at radius 2 is 1.13 bits per heavy atom. The van der Waals surface area contributed by atoms with Gasteiger partial charge in [-0.25, -0.2) is 0 Å². The topological polar surface area (TPSA) is 448 Å². The second kappa shape index (κ2) is 26.4. The van der Waals surface area contributed by atoms with Crippen molar-refractivity contribution in [3.63, 3.8) is 0 Å². The van der Waals surface area contributed by atoms with Crippen LogP contribution in [-0.4, -0.2) is 293 Å². The first kappa shape index (κ1) is 69.7. The van der Waals surface area contributed by atoms with Crippen molar-refractivity contribution in [1.29, 1.82) is 0 Å². The van der Waals surface area contributed by atoms with Gasteiger partial charge in [-0.3, -0.25) is 9.59 Å². The highest BCUT2D eigenvalue weighted by Crippen LogP contribution is 2.75. The predicted octanol–water partition coefficient (Wildman–Crippen LogP) is -4.07. The summed E-state index contributed by atoms with van der Waals surface area (Å²) in [5.74, 6) is -0.966. The lowest BCUT2D eigenvalue weighted by atomic mass is 9.42. The van der Waals surface area contributed by atoms with Crippen molar-refractivity contribution in [2.24, 2.45) is 33.5 Å². The van der Waals surface area contributed by atoms with E-state index in [1.54, 1.807) is 6.92 Å². The average Bonchev–Trinajstić information content (AvgIpc) is 1.57. The molecule has 6 saturated heterocycles. The third kappa shape index (κ3) is 11.6. The van der Waals surface area contributed by atoms with Crippen molar-refractivity contribution in [2.45, 2.75) is 285 Å². The van der Waals surface area contributed by atoms with E-state index in [1.165, 1.54) is 25.0 Å². The molecule has 6 aliphatic heterocycles. The molecule has 4 aliphatic carbocycles. The van der Waals surface area contributed by atoms with Crippen LogP contribution in [0, 0.1) is 33.5 Å². The summed E-state index contributed by atoms with van der Waals surface area (Å²) in [6.07, 6.45) is -40.3. The smallest absolute Gasteiger partial charge is 0.303 e. The molecular formula is C60H96O29. The zero-order valence-electron chi connectivity index (χ0n) is 51.6. The number of hydrogen-bond acceptors (Lipinski definition) is 29. The number of allylic oxidation sites excluding steroid dienone is 2. The van der Waals surface area contributed by atoms with E-state index in [2.05, 4.69) is 20.8 Å². The summed E-state index contributed by atoms with van der Waals surface area (Å²) >= 11 is 0. The van der Waals surface area contributed by atoms with Crippen LogP contribution in [0.4, 0.5) is 0 Å². The second-order valence-corrected chi connectivity index (χ2v) is 27.6. The number of carbonyl (C=O) groups is 2. The molecule has 29 heteroatoms. The van der Waals surface area contributed by atoms with Gasteiger partial charge in [-0.1, -0.05) is 52.7 Å². The SMILES string of the molecule is CCC(=O)C1OC2(CCC3(C)C4=C(CCC32C)C2(C)CCC(OC3OC(COC5OCC(O)C(O)C5OC5OC(CO)C(O)C(OC6OC(CO)C(O)C(O)C6O)C5OC5OC(C)C(O)C(O)C5O)C(O)C(O)C3O)C(C)(CO)C2CC4)C(C)C1OC(C)=O. The van der Waals surface area contributed by atoms with Crippen molar-refractivity contribution >= 4 is 11.8 Å². The molecule has 0 aromatic carbocycles. The Bertz CT molecular complexity index is 2510. The molecule has 10 aliphatic rings. The van der Waals surface area contributed by atoms with Crippen LogP contribution in [0.15, 0.2) is 11.1 Å². The highest BCUT2D eigenvalue weighted by molar-refractivity contribution is 5.84. The van der Waals surface area contributed by atoms with Gasteiger partial charge in [0.1, 0.15) is 116 Å². The summed E-state index contributed by atoms with van der Waals surface area (Å²) in [7, 11) is 0. The summed E-state index contributed by atoms with van der Waals surface area (Å²) in [6, 6.07) is 0. The van der Waals surface area contributed by atoms with Gasteiger partial charge >= 0.3 is 5.97 Å². The van der Waals surface area contributed by atoms with Crippen molar-refractivity contribution in [2.75, 3.05) is 33.0 Å². The molecule has 10 rings (SSSR count). The van der Waals surface area contributed by atoms with E-state index in [9.17, 15) is 86.2 Å². The maximum Gasteiger partial charge on any atom is 0.303 e. The van der Waals surface area contributed by atoms with Gasteiger partial charge in [0.15, 0.2) is 43.3 Å².